The van der Waals surface area contributed by atoms with Gasteiger partial charge < -0.3 is 14.8 Å². The van der Waals surface area contributed by atoms with E-state index in [1.807, 2.05) is 30.5 Å². The SMILES string of the molecule is COc1ccc(OC)c(C(=O)Nc2ccccc2-n2cc(Br)cn2)c1. The lowest BCUT2D eigenvalue weighted by atomic mass is 10.1. The van der Waals surface area contributed by atoms with E-state index in [0.29, 0.717) is 22.7 Å². The zero-order valence-corrected chi connectivity index (χ0v) is 15.3. The van der Waals surface area contributed by atoms with Crippen molar-refractivity contribution in [3.8, 4) is 17.2 Å². The number of methoxy groups -OCH3 is 2. The van der Waals surface area contributed by atoms with Gasteiger partial charge in [-0.15, -0.1) is 0 Å². The fourth-order valence-electron chi connectivity index (χ4n) is 2.39. The van der Waals surface area contributed by atoms with Gasteiger partial charge in [-0.1, -0.05) is 12.1 Å². The van der Waals surface area contributed by atoms with Gasteiger partial charge in [0.2, 0.25) is 0 Å². The van der Waals surface area contributed by atoms with Crippen LogP contribution in [0.15, 0.2) is 59.3 Å². The fourth-order valence-corrected chi connectivity index (χ4v) is 2.68. The third-order valence-corrected chi connectivity index (χ3v) is 4.01. The summed E-state index contributed by atoms with van der Waals surface area (Å²) in [7, 11) is 3.07. The summed E-state index contributed by atoms with van der Waals surface area (Å²) in [6, 6.07) is 12.5. The number of halogens is 1. The van der Waals surface area contributed by atoms with Gasteiger partial charge >= 0.3 is 0 Å². The topological polar surface area (TPSA) is 65.4 Å². The summed E-state index contributed by atoms with van der Waals surface area (Å²) in [6.07, 6.45) is 3.50. The molecule has 7 heteroatoms. The van der Waals surface area contributed by atoms with Gasteiger partial charge in [0, 0.05) is 6.20 Å². The minimum Gasteiger partial charge on any atom is -0.497 e. The van der Waals surface area contributed by atoms with Crippen molar-refractivity contribution in [1.82, 2.24) is 9.78 Å². The van der Waals surface area contributed by atoms with E-state index in [1.54, 1.807) is 36.2 Å². The maximum atomic E-state index is 12.8. The molecule has 3 rings (SSSR count). The Labute approximate surface area is 153 Å². The lowest BCUT2D eigenvalue weighted by Crippen LogP contribution is -2.15. The molecule has 1 aromatic heterocycles. The molecule has 0 fully saturated rings. The van der Waals surface area contributed by atoms with Crippen molar-refractivity contribution in [3.63, 3.8) is 0 Å². The Hall–Kier alpha value is -2.80. The van der Waals surface area contributed by atoms with Crippen LogP contribution in [0.4, 0.5) is 5.69 Å². The maximum absolute atomic E-state index is 12.8. The molecule has 0 saturated carbocycles. The minimum absolute atomic E-state index is 0.297. The first-order valence-electron chi connectivity index (χ1n) is 7.45. The predicted octanol–water partition coefficient (Wildman–Crippen LogP) is 3.90. The summed E-state index contributed by atoms with van der Waals surface area (Å²) in [5.74, 6) is 0.752. The molecule has 0 aliphatic rings. The summed E-state index contributed by atoms with van der Waals surface area (Å²) in [5.41, 5.74) is 1.77. The molecule has 1 heterocycles. The Morgan fingerprint density at radius 1 is 1.16 bits per heavy atom. The van der Waals surface area contributed by atoms with Crippen molar-refractivity contribution >= 4 is 27.5 Å². The highest BCUT2D eigenvalue weighted by atomic mass is 79.9. The number of rotatable bonds is 5. The van der Waals surface area contributed by atoms with E-state index in [2.05, 4.69) is 26.3 Å². The number of hydrogen-bond acceptors (Lipinski definition) is 4. The molecule has 3 aromatic rings. The van der Waals surface area contributed by atoms with E-state index < -0.39 is 0 Å². The number of aromatic nitrogens is 2. The van der Waals surface area contributed by atoms with Crippen molar-refractivity contribution in [2.45, 2.75) is 0 Å². The molecule has 0 aliphatic heterocycles. The fraction of sp³-hybridized carbons (Fsp3) is 0.111. The summed E-state index contributed by atoms with van der Waals surface area (Å²) in [5, 5.41) is 7.17. The van der Waals surface area contributed by atoms with Crippen LogP contribution in [-0.2, 0) is 0 Å². The van der Waals surface area contributed by atoms with Gasteiger partial charge in [-0.2, -0.15) is 5.10 Å². The second-order valence-corrected chi connectivity index (χ2v) is 6.06. The van der Waals surface area contributed by atoms with E-state index in [1.165, 1.54) is 7.11 Å². The van der Waals surface area contributed by atoms with E-state index in [9.17, 15) is 4.79 Å². The Bertz CT molecular complexity index is 908. The standard InChI is InChI=1S/C18H16BrN3O3/c1-24-13-7-8-17(25-2)14(9-13)18(23)21-15-5-3-4-6-16(15)22-11-12(19)10-20-22/h3-11H,1-2H3,(H,21,23). The molecule has 25 heavy (non-hydrogen) atoms. The normalized spacial score (nSPS) is 10.4. The Morgan fingerprint density at radius 2 is 1.96 bits per heavy atom. The van der Waals surface area contributed by atoms with Crippen LogP contribution < -0.4 is 14.8 Å². The first-order chi connectivity index (χ1) is 12.1. The maximum Gasteiger partial charge on any atom is 0.259 e. The highest BCUT2D eigenvalue weighted by Crippen LogP contribution is 2.27. The molecule has 0 unspecified atom stereocenters. The number of nitrogens with zero attached hydrogens (tertiary/aromatic N) is 2. The Balaban J connectivity index is 1.95. The number of amides is 1. The lowest BCUT2D eigenvalue weighted by Gasteiger charge is -2.13. The predicted molar refractivity (Wildman–Crippen MR) is 98.8 cm³/mol. The van der Waals surface area contributed by atoms with Gasteiger partial charge in [0.05, 0.1) is 41.8 Å². The van der Waals surface area contributed by atoms with Crippen LogP contribution in [0, 0.1) is 0 Å². The highest BCUT2D eigenvalue weighted by molar-refractivity contribution is 9.10. The number of carbonyl (C=O) groups is 1. The molecule has 1 amide bonds. The van der Waals surface area contributed by atoms with Crippen molar-refractivity contribution in [2.24, 2.45) is 0 Å². The molecule has 6 nitrogen and oxygen atoms in total. The van der Waals surface area contributed by atoms with E-state index in [4.69, 9.17) is 9.47 Å². The van der Waals surface area contributed by atoms with Crippen molar-refractivity contribution in [2.75, 3.05) is 19.5 Å². The van der Waals surface area contributed by atoms with Gasteiger partial charge in [-0.3, -0.25) is 4.79 Å². The summed E-state index contributed by atoms with van der Waals surface area (Å²) in [4.78, 5) is 12.8. The van der Waals surface area contributed by atoms with Gasteiger partial charge in [-0.05, 0) is 46.3 Å². The number of para-hydroxylation sites is 2. The quantitative estimate of drug-likeness (QED) is 0.703. The number of hydrogen-bond donors (Lipinski definition) is 1. The van der Waals surface area contributed by atoms with E-state index in [-0.39, 0.29) is 5.91 Å². The third-order valence-electron chi connectivity index (χ3n) is 3.60. The number of ether oxygens (including phenoxy) is 2. The molecule has 0 atom stereocenters. The summed E-state index contributed by atoms with van der Waals surface area (Å²) < 4.78 is 13.0. The van der Waals surface area contributed by atoms with Crippen LogP contribution in [0.3, 0.4) is 0 Å². The molecule has 0 aliphatic carbocycles. The number of carbonyl (C=O) groups excluding carboxylic acids is 1. The Kier molecular flexibility index (Phi) is 5.04. The zero-order valence-electron chi connectivity index (χ0n) is 13.7. The second kappa shape index (κ2) is 7.40. The second-order valence-electron chi connectivity index (χ2n) is 5.14. The molecular formula is C18H16BrN3O3. The molecule has 0 spiro atoms. The van der Waals surface area contributed by atoms with Crippen molar-refractivity contribution in [1.29, 1.82) is 0 Å². The molecule has 1 N–H and O–H groups in total. The molecule has 0 radical (unpaired) electrons. The molecule has 2 aromatic carbocycles. The molecule has 128 valence electrons. The van der Waals surface area contributed by atoms with Crippen LogP contribution in [0.2, 0.25) is 0 Å². The highest BCUT2D eigenvalue weighted by Gasteiger charge is 2.16. The number of anilines is 1. The van der Waals surface area contributed by atoms with Gasteiger partial charge in [0.15, 0.2) is 0 Å². The average molecular weight is 402 g/mol. The zero-order chi connectivity index (χ0) is 17.8. The largest absolute Gasteiger partial charge is 0.497 e. The van der Waals surface area contributed by atoms with Crippen LogP contribution in [0.25, 0.3) is 5.69 Å². The van der Waals surface area contributed by atoms with Crippen LogP contribution >= 0.6 is 15.9 Å². The monoisotopic (exact) mass is 401 g/mol. The van der Waals surface area contributed by atoms with E-state index in [0.717, 1.165) is 10.2 Å². The van der Waals surface area contributed by atoms with Gasteiger partial charge in [0.1, 0.15) is 11.5 Å². The lowest BCUT2D eigenvalue weighted by molar-refractivity contribution is 0.102. The average Bonchev–Trinajstić information content (AvgIpc) is 3.07. The smallest absolute Gasteiger partial charge is 0.259 e. The van der Waals surface area contributed by atoms with E-state index >= 15 is 0 Å². The minimum atomic E-state index is -0.297. The van der Waals surface area contributed by atoms with Gasteiger partial charge in [0.25, 0.3) is 5.91 Å². The molecule has 0 saturated heterocycles. The third kappa shape index (κ3) is 3.66. The number of nitrogens with one attached hydrogen (secondary N) is 1. The van der Waals surface area contributed by atoms with Crippen LogP contribution in [-0.4, -0.2) is 29.9 Å². The number of benzene rings is 2. The van der Waals surface area contributed by atoms with Crippen LogP contribution in [0.1, 0.15) is 10.4 Å². The van der Waals surface area contributed by atoms with Crippen LogP contribution in [0.5, 0.6) is 11.5 Å². The first kappa shape index (κ1) is 17.0. The summed E-state index contributed by atoms with van der Waals surface area (Å²) >= 11 is 3.38. The van der Waals surface area contributed by atoms with Crippen molar-refractivity contribution in [3.05, 3.63) is 64.9 Å². The van der Waals surface area contributed by atoms with Gasteiger partial charge in [-0.25, -0.2) is 4.68 Å². The molecule has 0 bridgehead atoms. The molecular weight excluding hydrogens is 386 g/mol. The first-order valence-corrected chi connectivity index (χ1v) is 8.24. The summed E-state index contributed by atoms with van der Waals surface area (Å²) in [6.45, 7) is 0. The van der Waals surface area contributed by atoms with Crippen molar-refractivity contribution < 1.29 is 14.3 Å². The Morgan fingerprint density at radius 3 is 2.64 bits per heavy atom.